The van der Waals surface area contributed by atoms with Crippen molar-refractivity contribution in [2.75, 3.05) is 12.0 Å². The minimum atomic E-state index is -0.589. The standard InChI is InChI=1S/C13H11ClN2O4/c14-11-6-9(16(18)19)7-12(13(11)17)15-8-20-10-4-2-1-3-5-10/h1-7,15,17H,8H2. The molecule has 0 amide bonds. The molecule has 0 aromatic heterocycles. The molecule has 0 radical (unpaired) electrons. The number of nitro groups is 1. The predicted molar refractivity (Wildman–Crippen MR) is 75.3 cm³/mol. The van der Waals surface area contributed by atoms with Gasteiger partial charge in [-0.1, -0.05) is 29.8 Å². The van der Waals surface area contributed by atoms with Crippen LogP contribution < -0.4 is 10.1 Å². The van der Waals surface area contributed by atoms with Gasteiger partial charge in [0.05, 0.1) is 15.6 Å². The van der Waals surface area contributed by atoms with Crippen LogP contribution in [0, 0.1) is 10.1 Å². The van der Waals surface area contributed by atoms with Crippen molar-refractivity contribution in [3.05, 3.63) is 57.6 Å². The molecular formula is C13H11ClN2O4. The Kier molecular flexibility index (Phi) is 4.27. The summed E-state index contributed by atoms with van der Waals surface area (Å²) in [5.41, 5.74) is -0.0739. The summed E-state index contributed by atoms with van der Waals surface area (Å²) in [6, 6.07) is 11.3. The van der Waals surface area contributed by atoms with Crippen molar-refractivity contribution < 1.29 is 14.8 Å². The van der Waals surface area contributed by atoms with Crippen molar-refractivity contribution in [2.24, 2.45) is 0 Å². The Morgan fingerprint density at radius 1 is 1.30 bits per heavy atom. The van der Waals surface area contributed by atoms with Crippen molar-refractivity contribution >= 4 is 23.0 Å². The average Bonchev–Trinajstić information content (AvgIpc) is 2.44. The van der Waals surface area contributed by atoms with Gasteiger partial charge in [0, 0.05) is 12.1 Å². The molecule has 2 N–H and O–H groups in total. The molecule has 104 valence electrons. The number of phenols is 1. The van der Waals surface area contributed by atoms with Crippen LogP contribution in [0.2, 0.25) is 5.02 Å². The lowest BCUT2D eigenvalue weighted by Crippen LogP contribution is -2.09. The number of hydrogen-bond acceptors (Lipinski definition) is 5. The number of ether oxygens (including phenoxy) is 1. The fraction of sp³-hybridized carbons (Fsp3) is 0.0769. The minimum absolute atomic E-state index is 0.0368. The predicted octanol–water partition coefficient (Wildman–Crippen LogP) is 3.40. The lowest BCUT2D eigenvalue weighted by atomic mass is 10.2. The number of nitrogens with one attached hydrogen (secondary N) is 1. The van der Waals surface area contributed by atoms with Crippen molar-refractivity contribution in [1.29, 1.82) is 0 Å². The number of aromatic hydroxyl groups is 1. The van der Waals surface area contributed by atoms with Gasteiger partial charge in [0.15, 0.2) is 12.5 Å². The van der Waals surface area contributed by atoms with Gasteiger partial charge in [0.1, 0.15) is 5.75 Å². The van der Waals surface area contributed by atoms with Crippen molar-refractivity contribution in [2.45, 2.75) is 0 Å². The van der Waals surface area contributed by atoms with Crippen LogP contribution in [0.5, 0.6) is 11.5 Å². The molecule has 0 saturated carbocycles. The second-order valence-electron chi connectivity index (χ2n) is 3.86. The summed E-state index contributed by atoms with van der Waals surface area (Å²) in [6.07, 6.45) is 0. The van der Waals surface area contributed by atoms with Crippen LogP contribution in [-0.2, 0) is 0 Å². The average molecular weight is 295 g/mol. The summed E-state index contributed by atoms with van der Waals surface area (Å²) in [4.78, 5) is 10.1. The van der Waals surface area contributed by atoms with Crippen LogP contribution in [0.1, 0.15) is 0 Å². The number of para-hydroxylation sites is 1. The minimum Gasteiger partial charge on any atom is -0.504 e. The molecule has 7 heteroatoms. The Morgan fingerprint density at radius 3 is 2.65 bits per heavy atom. The molecule has 2 aromatic rings. The second kappa shape index (κ2) is 6.12. The maximum Gasteiger partial charge on any atom is 0.273 e. The summed E-state index contributed by atoms with van der Waals surface area (Å²) < 4.78 is 5.37. The van der Waals surface area contributed by atoms with E-state index in [-0.39, 0.29) is 28.9 Å². The van der Waals surface area contributed by atoms with E-state index in [1.807, 2.05) is 18.2 Å². The van der Waals surface area contributed by atoms with Crippen LogP contribution in [0.15, 0.2) is 42.5 Å². The molecule has 0 aliphatic carbocycles. The number of rotatable bonds is 5. The molecule has 0 unspecified atom stereocenters. The van der Waals surface area contributed by atoms with Crippen LogP contribution >= 0.6 is 11.6 Å². The monoisotopic (exact) mass is 294 g/mol. The maximum atomic E-state index is 10.7. The van der Waals surface area contributed by atoms with Gasteiger partial charge in [0.25, 0.3) is 5.69 Å². The maximum absolute atomic E-state index is 10.7. The van der Waals surface area contributed by atoms with Gasteiger partial charge in [0.2, 0.25) is 0 Å². The summed E-state index contributed by atoms with van der Waals surface area (Å²) in [7, 11) is 0. The Bertz CT molecular complexity index is 619. The van der Waals surface area contributed by atoms with Crippen LogP contribution in [0.3, 0.4) is 0 Å². The Balaban J connectivity index is 2.07. The van der Waals surface area contributed by atoms with Crippen molar-refractivity contribution in [1.82, 2.24) is 0 Å². The summed E-state index contributed by atoms with van der Waals surface area (Å²) in [5.74, 6) is 0.380. The highest BCUT2D eigenvalue weighted by atomic mass is 35.5. The molecule has 0 heterocycles. The quantitative estimate of drug-likeness (QED) is 0.382. The number of nitro benzene ring substituents is 1. The summed E-state index contributed by atoms with van der Waals surface area (Å²) in [5, 5.41) is 23.1. The molecule has 0 aliphatic rings. The van der Waals surface area contributed by atoms with E-state index in [1.165, 1.54) is 6.07 Å². The summed E-state index contributed by atoms with van der Waals surface area (Å²) in [6.45, 7) is 0.0368. The van der Waals surface area contributed by atoms with Gasteiger partial charge in [-0.2, -0.15) is 0 Å². The number of nitrogens with zero attached hydrogens (tertiary/aromatic N) is 1. The van der Waals surface area contributed by atoms with E-state index in [9.17, 15) is 15.2 Å². The molecule has 0 aliphatic heterocycles. The Hall–Kier alpha value is -2.47. The molecule has 0 atom stereocenters. The molecule has 0 fully saturated rings. The topological polar surface area (TPSA) is 84.6 Å². The first-order chi connectivity index (χ1) is 9.58. The third-order valence-electron chi connectivity index (χ3n) is 2.50. The third-order valence-corrected chi connectivity index (χ3v) is 2.79. The molecule has 0 spiro atoms. The first-order valence-corrected chi connectivity index (χ1v) is 6.04. The fourth-order valence-corrected chi connectivity index (χ4v) is 1.75. The van der Waals surface area contributed by atoms with E-state index in [0.29, 0.717) is 5.75 Å². The molecule has 2 aromatic carbocycles. The van der Waals surface area contributed by atoms with E-state index in [4.69, 9.17) is 16.3 Å². The van der Waals surface area contributed by atoms with Gasteiger partial charge in [-0.15, -0.1) is 0 Å². The lowest BCUT2D eigenvalue weighted by molar-refractivity contribution is -0.384. The fourth-order valence-electron chi connectivity index (χ4n) is 1.54. The summed E-state index contributed by atoms with van der Waals surface area (Å²) >= 11 is 5.72. The molecule has 20 heavy (non-hydrogen) atoms. The molecule has 0 bridgehead atoms. The zero-order chi connectivity index (χ0) is 14.5. The molecule has 2 rings (SSSR count). The number of hydrogen-bond donors (Lipinski definition) is 2. The van der Waals surface area contributed by atoms with Gasteiger partial charge in [-0.25, -0.2) is 0 Å². The van der Waals surface area contributed by atoms with Crippen LogP contribution in [-0.4, -0.2) is 16.8 Å². The number of benzene rings is 2. The van der Waals surface area contributed by atoms with Gasteiger partial charge in [-0.05, 0) is 12.1 Å². The van der Waals surface area contributed by atoms with E-state index >= 15 is 0 Å². The van der Waals surface area contributed by atoms with Crippen molar-refractivity contribution in [3.63, 3.8) is 0 Å². The van der Waals surface area contributed by atoms with E-state index in [0.717, 1.165) is 6.07 Å². The highest BCUT2D eigenvalue weighted by Gasteiger charge is 2.14. The van der Waals surface area contributed by atoms with Crippen LogP contribution in [0.25, 0.3) is 0 Å². The Morgan fingerprint density at radius 2 is 2.00 bits per heavy atom. The van der Waals surface area contributed by atoms with Gasteiger partial charge >= 0.3 is 0 Å². The normalized spacial score (nSPS) is 10.1. The first kappa shape index (κ1) is 14.0. The van der Waals surface area contributed by atoms with E-state index in [2.05, 4.69) is 5.32 Å². The Labute approximate surface area is 119 Å². The highest BCUT2D eigenvalue weighted by Crippen LogP contribution is 2.35. The number of phenolic OH excluding ortho intramolecular Hbond substituents is 1. The highest BCUT2D eigenvalue weighted by molar-refractivity contribution is 6.32. The second-order valence-corrected chi connectivity index (χ2v) is 4.27. The smallest absolute Gasteiger partial charge is 0.273 e. The first-order valence-electron chi connectivity index (χ1n) is 5.66. The number of non-ortho nitro benzene ring substituents is 1. The lowest BCUT2D eigenvalue weighted by Gasteiger charge is -2.11. The zero-order valence-corrected chi connectivity index (χ0v) is 11.0. The van der Waals surface area contributed by atoms with Crippen LogP contribution in [0.4, 0.5) is 11.4 Å². The number of halogens is 1. The van der Waals surface area contributed by atoms with E-state index < -0.39 is 4.92 Å². The molecular weight excluding hydrogens is 284 g/mol. The molecule has 0 saturated heterocycles. The number of anilines is 1. The van der Waals surface area contributed by atoms with Gasteiger partial charge in [-0.3, -0.25) is 10.1 Å². The van der Waals surface area contributed by atoms with E-state index in [1.54, 1.807) is 12.1 Å². The molecule has 6 nitrogen and oxygen atoms in total. The van der Waals surface area contributed by atoms with Gasteiger partial charge < -0.3 is 15.2 Å². The SMILES string of the molecule is O=[N+]([O-])c1cc(Cl)c(O)c(NCOc2ccccc2)c1. The zero-order valence-electron chi connectivity index (χ0n) is 10.2. The largest absolute Gasteiger partial charge is 0.504 e. The third kappa shape index (κ3) is 3.30. The van der Waals surface area contributed by atoms with Crippen molar-refractivity contribution in [3.8, 4) is 11.5 Å².